The van der Waals surface area contributed by atoms with Crippen molar-refractivity contribution in [2.75, 3.05) is 14.2 Å². The van der Waals surface area contributed by atoms with Crippen molar-refractivity contribution in [1.82, 2.24) is 5.32 Å². The van der Waals surface area contributed by atoms with Gasteiger partial charge in [-0.15, -0.1) is 0 Å². The number of nitrogens with one attached hydrogen (secondary N) is 1. The van der Waals surface area contributed by atoms with Crippen LogP contribution in [0.5, 0.6) is 0 Å². The molecular weight excluding hydrogens is 238 g/mol. The number of carbonyl (C=O) groups excluding carboxylic acids is 2. The highest BCUT2D eigenvalue weighted by atomic mass is 16.7. The predicted molar refractivity (Wildman–Crippen MR) is 61.3 cm³/mol. The first-order valence-electron chi connectivity index (χ1n) is 5.99. The van der Waals surface area contributed by atoms with Gasteiger partial charge in [0.1, 0.15) is 0 Å². The van der Waals surface area contributed by atoms with Crippen molar-refractivity contribution in [3.05, 3.63) is 11.8 Å². The zero-order chi connectivity index (χ0) is 13.1. The van der Waals surface area contributed by atoms with Crippen molar-refractivity contribution in [3.63, 3.8) is 0 Å². The lowest BCUT2D eigenvalue weighted by molar-refractivity contribution is -0.142. The van der Waals surface area contributed by atoms with E-state index in [4.69, 9.17) is 14.2 Å². The summed E-state index contributed by atoms with van der Waals surface area (Å²) in [5.41, 5.74) is 0.539. The molecule has 0 aromatic rings. The van der Waals surface area contributed by atoms with Crippen LogP contribution < -0.4 is 5.32 Å². The zero-order valence-electron chi connectivity index (χ0n) is 10.5. The van der Waals surface area contributed by atoms with E-state index in [0.717, 1.165) is 19.3 Å². The van der Waals surface area contributed by atoms with Crippen LogP contribution in [0.4, 0.5) is 4.79 Å². The van der Waals surface area contributed by atoms with Gasteiger partial charge in [0.25, 0.3) is 0 Å². The molecule has 1 saturated carbocycles. The van der Waals surface area contributed by atoms with Crippen LogP contribution in [-0.2, 0) is 19.0 Å². The Morgan fingerprint density at radius 2 is 2.22 bits per heavy atom. The van der Waals surface area contributed by atoms with Crippen LogP contribution in [-0.4, -0.2) is 32.5 Å². The quantitative estimate of drug-likeness (QED) is 0.750. The van der Waals surface area contributed by atoms with Crippen LogP contribution in [0.3, 0.4) is 0 Å². The molecule has 0 saturated heterocycles. The summed E-state index contributed by atoms with van der Waals surface area (Å²) < 4.78 is 15.2. The highest BCUT2D eigenvalue weighted by Gasteiger charge is 2.44. The number of hydrogen-bond acceptors (Lipinski definition) is 5. The van der Waals surface area contributed by atoms with E-state index in [0.29, 0.717) is 5.57 Å². The third-order valence-electron chi connectivity index (χ3n) is 3.50. The Bertz CT molecular complexity index is 379. The number of amides is 1. The van der Waals surface area contributed by atoms with E-state index < -0.39 is 12.4 Å². The molecule has 2 rings (SSSR count). The second-order valence-corrected chi connectivity index (χ2v) is 4.43. The van der Waals surface area contributed by atoms with Crippen LogP contribution in [0.2, 0.25) is 0 Å². The predicted octanol–water partition coefficient (Wildman–Crippen LogP) is 1.17. The molecule has 3 atom stereocenters. The third-order valence-corrected chi connectivity index (χ3v) is 3.50. The minimum absolute atomic E-state index is 0.0291. The summed E-state index contributed by atoms with van der Waals surface area (Å²) in [6, 6.07) is 0. The second kappa shape index (κ2) is 5.29. The molecule has 1 fully saturated rings. The van der Waals surface area contributed by atoms with Gasteiger partial charge in [0, 0.05) is 18.9 Å². The molecule has 0 aromatic carbocycles. The molecular formula is C12H17NO5. The summed E-state index contributed by atoms with van der Waals surface area (Å²) >= 11 is 0. The summed E-state index contributed by atoms with van der Waals surface area (Å²) in [5.74, 6) is -0.285. The third kappa shape index (κ3) is 2.27. The second-order valence-electron chi connectivity index (χ2n) is 4.43. The van der Waals surface area contributed by atoms with Gasteiger partial charge in [-0.1, -0.05) is 6.42 Å². The molecule has 1 N–H and O–H groups in total. The van der Waals surface area contributed by atoms with E-state index >= 15 is 0 Å². The number of alkyl carbamates (subject to hydrolysis) is 1. The molecule has 18 heavy (non-hydrogen) atoms. The van der Waals surface area contributed by atoms with Crippen molar-refractivity contribution in [2.45, 2.75) is 25.6 Å². The standard InChI is InChI=1S/C12H17NO5/c1-13-12(15)18-11-8-5-3-4-7(8)9(6-17-11)10(14)16-2/h6-8,11H,3-5H2,1-2H3,(H,13,15). The highest BCUT2D eigenvalue weighted by molar-refractivity contribution is 5.89. The SMILES string of the molecule is CNC(=O)OC1OC=C(C(=O)OC)C2CCCC12. The molecule has 0 bridgehead atoms. The molecule has 100 valence electrons. The maximum atomic E-state index is 11.6. The van der Waals surface area contributed by atoms with Crippen LogP contribution in [0, 0.1) is 11.8 Å². The monoisotopic (exact) mass is 255 g/mol. The maximum Gasteiger partial charge on any atom is 0.409 e. The van der Waals surface area contributed by atoms with E-state index in [-0.39, 0.29) is 17.8 Å². The van der Waals surface area contributed by atoms with Crippen molar-refractivity contribution in [3.8, 4) is 0 Å². The van der Waals surface area contributed by atoms with Gasteiger partial charge < -0.3 is 19.5 Å². The largest absolute Gasteiger partial charge is 0.466 e. The average molecular weight is 255 g/mol. The van der Waals surface area contributed by atoms with E-state index in [1.807, 2.05) is 0 Å². The van der Waals surface area contributed by atoms with Gasteiger partial charge in [-0.3, -0.25) is 0 Å². The molecule has 2 aliphatic rings. The lowest BCUT2D eigenvalue weighted by Crippen LogP contribution is -2.38. The molecule has 1 aliphatic carbocycles. The van der Waals surface area contributed by atoms with Crippen LogP contribution in [0.25, 0.3) is 0 Å². The van der Waals surface area contributed by atoms with Gasteiger partial charge in [0.05, 0.1) is 18.9 Å². The Morgan fingerprint density at radius 3 is 2.89 bits per heavy atom. The number of methoxy groups -OCH3 is 1. The summed E-state index contributed by atoms with van der Waals surface area (Å²) in [7, 11) is 2.84. The van der Waals surface area contributed by atoms with Crippen molar-refractivity contribution in [1.29, 1.82) is 0 Å². The molecule has 0 spiro atoms. The van der Waals surface area contributed by atoms with E-state index in [1.54, 1.807) is 0 Å². The maximum absolute atomic E-state index is 11.6. The van der Waals surface area contributed by atoms with Crippen LogP contribution in [0.15, 0.2) is 11.8 Å². The average Bonchev–Trinajstić information content (AvgIpc) is 2.87. The van der Waals surface area contributed by atoms with Gasteiger partial charge in [-0.25, -0.2) is 9.59 Å². The molecule has 0 aromatic heterocycles. The Hall–Kier alpha value is -1.72. The van der Waals surface area contributed by atoms with Gasteiger partial charge in [0.2, 0.25) is 6.29 Å². The number of rotatable bonds is 2. The summed E-state index contributed by atoms with van der Waals surface area (Å²) in [4.78, 5) is 22.8. The lowest BCUT2D eigenvalue weighted by atomic mass is 9.87. The first kappa shape index (κ1) is 12.7. The van der Waals surface area contributed by atoms with Crippen LogP contribution in [0.1, 0.15) is 19.3 Å². The summed E-state index contributed by atoms with van der Waals surface area (Å²) in [6.45, 7) is 0. The van der Waals surface area contributed by atoms with E-state index in [9.17, 15) is 9.59 Å². The summed E-state index contributed by atoms with van der Waals surface area (Å²) in [6.07, 6.45) is 2.97. The van der Waals surface area contributed by atoms with Gasteiger partial charge in [0.15, 0.2) is 0 Å². The zero-order valence-corrected chi connectivity index (χ0v) is 10.5. The minimum atomic E-state index is -0.620. The van der Waals surface area contributed by atoms with Crippen molar-refractivity contribution < 1.29 is 23.8 Å². The molecule has 3 unspecified atom stereocenters. The minimum Gasteiger partial charge on any atom is -0.466 e. The smallest absolute Gasteiger partial charge is 0.409 e. The first-order valence-corrected chi connectivity index (χ1v) is 5.99. The summed E-state index contributed by atoms with van der Waals surface area (Å²) in [5, 5.41) is 2.38. The van der Waals surface area contributed by atoms with Crippen molar-refractivity contribution in [2.24, 2.45) is 11.8 Å². The van der Waals surface area contributed by atoms with E-state index in [1.165, 1.54) is 20.4 Å². The Labute approximate surface area is 105 Å². The first-order chi connectivity index (χ1) is 8.67. The number of ether oxygens (including phenoxy) is 3. The molecule has 6 nitrogen and oxygen atoms in total. The molecule has 6 heteroatoms. The lowest BCUT2D eigenvalue weighted by Gasteiger charge is -2.32. The van der Waals surface area contributed by atoms with Gasteiger partial charge in [-0.2, -0.15) is 0 Å². The normalized spacial score (nSPS) is 29.7. The van der Waals surface area contributed by atoms with Gasteiger partial charge >= 0.3 is 12.1 Å². The molecule has 1 heterocycles. The fourth-order valence-electron chi connectivity index (χ4n) is 2.63. The van der Waals surface area contributed by atoms with Gasteiger partial charge in [-0.05, 0) is 12.8 Å². The molecule has 0 radical (unpaired) electrons. The fourth-order valence-corrected chi connectivity index (χ4v) is 2.63. The highest BCUT2D eigenvalue weighted by Crippen LogP contribution is 2.43. The Balaban J connectivity index is 2.12. The fraction of sp³-hybridized carbons (Fsp3) is 0.667. The number of carbonyl (C=O) groups is 2. The number of esters is 1. The van der Waals surface area contributed by atoms with E-state index in [2.05, 4.69) is 5.32 Å². The van der Waals surface area contributed by atoms with Crippen molar-refractivity contribution >= 4 is 12.1 Å². The molecule has 1 aliphatic heterocycles. The molecule has 1 amide bonds. The Kier molecular flexibility index (Phi) is 3.74. The number of hydrogen-bond donors (Lipinski definition) is 1. The Morgan fingerprint density at radius 1 is 1.44 bits per heavy atom. The van der Waals surface area contributed by atoms with Crippen LogP contribution >= 0.6 is 0 Å². The number of fused-ring (bicyclic) bond motifs is 1. The topological polar surface area (TPSA) is 73.9 Å².